The Morgan fingerprint density at radius 3 is 2.47 bits per heavy atom. The molecule has 0 amide bonds. The third-order valence-electron chi connectivity index (χ3n) is 3.29. The van der Waals surface area contributed by atoms with Crippen LogP contribution in [-0.2, 0) is 6.42 Å². The van der Waals surface area contributed by atoms with E-state index in [4.69, 9.17) is 5.73 Å². The first-order chi connectivity index (χ1) is 8.15. The summed E-state index contributed by atoms with van der Waals surface area (Å²) in [6.07, 6.45) is 0.883. The van der Waals surface area contributed by atoms with Crippen LogP contribution in [0, 0.1) is 20.8 Å². The summed E-state index contributed by atoms with van der Waals surface area (Å²) in [4.78, 5) is 0. The minimum absolute atomic E-state index is 0.662. The Bertz CT molecular complexity index is 526. The van der Waals surface area contributed by atoms with Gasteiger partial charge in [0.05, 0.1) is 11.4 Å². The van der Waals surface area contributed by atoms with E-state index in [-0.39, 0.29) is 0 Å². The number of hydrogen-bond acceptors (Lipinski definition) is 2. The topological polar surface area (TPSA) is 43.8 Å². The van der Waals surface area contributed by atoms with Crippen LogP contribution in [0.3, 0.4) is 0 Å². The number of benzene rings is 1. The third kappa shape index (κ3) is 2.11. The van der Waals surface area contributed by atoms with Crippen LogP contribution in [0.1, 0.15) is 22.5 Å². The molecule has 0 saturated carbocycles. The Morgan fingerprint density at radius 2 is 1.88 bits per heavy atom. The quantitative estimate of drug-likeness (QED) is 0.877. The van der Waals surface area contributed by atoms with Gasteiger partial charge in [-0.05, 0) is 50.9 Å². The minimum Gasteiger partial charge on any atom is -0.330 e. The van der Waals surface area contributed by atoms with Gasteiger partial charge in [0.1, 0.15) is 0 Å². The van der Waals surface area contributed by atoms with E-state index >= 15 is 0 Å². The van der Waals surface area contributed by atoms with Gasteiger partial charge in [0.15, 0.2) is 0 Å². The van der Waals surface area contributed by atoms with Crippen LogP contribution in [-0.4, -0.2) is 16.3 Å². The molecule has 0 spiro atoms. The molecule has 0 fully saturated rings. The molecule has 0 radical (unpaired) electrons. The van der Waals surface area contributed by atoms with Gasteiger partial charge >= 0.3 is 0 Å². The molecule has 0 aliphatic carbocycles. The average molecular weight is 229 g/mol. The van der Waals surface area contributed by atoms with Gasteiger partial charge in [0.25, 0.3) is 0 Å². The van der Waals surface area contributed by atoms with Crippen LogP contribution < -0.4 is 5.73 Å². The lowest BCUT2D eigenvalue weighted by molar-refractivity contribution is 0.813. The Labute approximate surface area is 102 Å². The zero-order chi connectivity index (χ0) is 12.4. The van der Waals surface area contributed by atoms with Crippen LogP contribution >= 0.6 is 0 Å². The molecule has 3 heteroatoms. The number of hydrogen-bond donors (Lipinski definition) is 1. The number of rotatable bonds is 3. The van der Waals surface area contributed by atoms with Crippen molar-refractivity contribution in [1.82, 2.24) is 9.78 Å². The highest BCUT2D eigenvalue weighted by Crippen LogP contribution is 2.20. The highest BCUT2D eigenvalue weighted by Gasteiger charge is 2.11. The van der Waals surface area contributed by atoms with E-state index in [9.17, 15) is 0 Å². The Kier molecular flexibility index (Phi) is 3.29. The predicted octanol–water partition coefficient (Wildman–Crippen LogP) is 2.30. The van der Waals surface area contributed by atoms with Crippen molar-refractivity contribution >= 4 is 0 Å². The molecule has 3 nitrogen and oxygen atoms in total. The lowest BCUT2D eigenvalue weighted by Crippen LogP contribution is -2.08. The Hall–Kier alpha value is -1.61. The number of aromatic nitrogens is 2. The van der Waals surface area contributed by atoms with Crippen molar-refractivity contribution in [2.75, 3.05) is 6.54 Å². The molecular formula is C14H19N3. The SMILES string of the molecule is Cc1nn(-c2ccccc2CCN)c(C)c1C. The number of aryl methyl sites for hydroxylation is 1. The van der Waals surface area contributed by atoms with Crippen molar-refractivity contribution in [2.45, 2.75) is 27.2 Å². The molecule has 2 N–H and O–H groups in total. The van der Waals surface area contributed by atoms with Crippen molar-refractivity contribution in [2.24, 2.45) is 5.73 Å². The first-order valence-corrected chi connectivity index (χ1v) is 5.96. The number of nitrogens with zero attached hydrogens (tertiary/aromatic N) is 2. The van der Waals surface area contributed by atoms with Gasteiger partial charge in [0.2, 0.25) is 0 Å². The lowest BCUT2D eigenvalue weighted by atomic mass is 10.1. The van der Waals surface area contributed by atoms with Crippen molar-refractivity contribution < 1.29 is 0 Å². The largest absolute Gasteiger partial charge is 0.330 e. The molecule has 0 bridgehead atoms. The van der Waals surface area contributed by atoms with Crippen molar-refractivity contribution in [3.63, 3.8) is 0 Å². The second kappa shape index (κ2) is 4.72. The van der Waals surface area contributed by atoms with E-state index in [0.717, 1.165) is 17.8 Å². The van der Waals surface area contributed by atoms with Gasteiger partial charge in [-0.1, -0.05) is 18.2 Å². The molecule has 2 aromatic rings. The summed E-state index contributed by atoms with van der Waals surface area (Å²) in [5, 5.41) is 4.60. The van der Waals surface area contributed by atoms with Gasteiger partial charge < -0.3 is 5.73 Å². The second-order valence-electron chi connectivity index (χ2n) is 4.38. The number of para-hydroxylation sites is 1. The molecule has 2 rings (SSSR count). The predicted molar refractivity (Wildman–Crippen MR) is 70.5 cm³/mol. The Morgan fingerprint density at radius 1 is 1.18 bits per heavy atom. The van der Waals surface area contributed by atoms with E-state index in [0.29, 0.717) is 6.54 Å². The smallest absolute Gasteiger partial charge is 0.0681 e. The normalized spacial score (nSPS) is 10.8. The molecule has 0 saturated heterocycles. The minimum atomic E-state index is 0.662. The average Bonchev–Trinajstić information content (AvgIpc) is 2.58. The maximum Gasteiger partial charge on any atom is 0.0681 e. The van der Waals surface area contributed by atoms with E-state index < -0.39 is 0 Å². The van der Waals surface area contributed by atoms with Gasteiger partial charge in [-0.2, -0.15) is 5.10 Å². The second-order valence-corrected chi connectivity index (χ2v) is 4.38. The third-order valence-corrected chi connectivity index (χ3v) is 3.29. The summed E-state index contributed by atoms with van der Waals surface area (Å²) >= 11 is 0. The molecule has 17 heavy (non-hydrogen) atoms. The fourth-order valence-electron chi connectivity index (χ4n) is 2.04. The summed E-state index contributed by atoms with van der Waals surface area (Å²) in [6.45, 7) is 6.92. The first kappa shape index (κ1) is 11.9. The Balaban J connectivity index is 2.56. The van der Waals surface area contributed by atoms with Crippen LogP contribution in [0.5, 0.6) is 0 Å². The highest BCUT2D eigenvalue weighted by atomic mass is 15.3. The molecule has 1 aromatic heterocycles. The molecule has 0 aliphatic heterocycles. The molecule has 0 unspecified atom stereocenters. The van der Waals surface area contributed by atoms with Crippen LogP contribution in [0.4, 0.5) is 0 Å². The van der Waals surface area contributed by atoms with Crippen LogP contribution in [0.15, 0.2) is 24.3 Å². The standard InChI is InChI=1S/C14H19N3/c1-10-11(2)16-17(12(10)3)14-7-5-4-6-13(14)8-9-15/h4-7H,8-9,15H2,1-3H3. The maximum atomic E-state index is 5.65. The molecular weight excluding hydrogens is 210 g/mol. The van der Waals surface area contributed by atoms with Crippen molar-refractivity contribution in [3.8, 4) is 5.69 Å². The maximum absolute atomic E-state index is 5.65. The zero-order valence-corrected chi connectivity index (χ0v) is 10.7. The fraction of sp³-hybridized carbons (Fsp3) is 0.357. The summed E-state index contributed by atoms with van der Waals surface area (Å²) in [5.41, 5.74) is 11.6. The molecule has 90 valence electrons. The van der Waals surface area contributed by atoms with E-state index in [1.54, 1.807) is 0 Å². The lowest BCUT2D eigenvalue weighted by Gasteiger charge is -2.10. The fourth-order valence-corrected chi connectivity index (χ4v) is 2.04. The van der Waals surface area contributed by atoms with E-state index in [1.807, 2.05) is 23.7 Å². The molecule has 1 aromatic carbocycles. The summed E-state index contributed by atoms with van der Waals surface area (Å²) in [6, 6.07) is 8.31. The van der Waals surface area contributed by atoms with Gasteiger partial charge in [-0.25, -0.2) is 4.68 Å². The van der Waals surface area contributed by atoms with Gasteiger partial charge in [-0.3, -0.25) is 0 Å². The highest BCUT2D eigenvalue weighted by molar-refractivity contribution is 5.43. The zero-order valence-electron chi connectivity index (χ0n) is 10.7. The van der Waals surface area contributed by atoms with Crippen molar-refractivity contribution in [1.29, 1.82) is 0 Å². The summed E-state index contributed by atoms with van der Waals surface area (Å²) < 4.78 is 2.02. The molecule has 0 atom stereocenters. The van der Waals surface area contributed by atoms with Gasteiger partial charge in [0, 0.05) is 5.69 Å². The summed E-state index contributed by atoms with van der Waals surface area (Å²) in [7, 11) is 0. The van der Waals surface area contributed by atoms with Gasteiger partial charge in [-0.15, -0.1) is 0 Å². The number of nitrogens with two attached hydrogens (primary N) is 1. The monoisotopic (exact) mass is 229 g/mol. The van der Waals surface area contributed by atoms with Crippen LogP contribution in [0.25, 0.3) is 5.69 Å². The summed E-state index contributed by atoms with van der Waals surface area (Å²) in [5.74, 6) is 0. The molecule has 1 heterocycles. The van der Waals surface area contributed by atoms with E-state index in [1.165, 1.54) is 16.8 Å². The first-order valence-electron chi connectivity index (χ1n) is 5.96. The van der Waals surface area contributed by atoms with Crippen LogP contribution in [0.2, 0.25) is 0 Å². The van der Waals surface area contributed by atoms with E-state index in [2.05, 4.69) is 31.1 Å². The molecule has 0 aliphatic rings. The van der Waals surface area contributed by atoms with Crippen molar-refractivity contribution in [3.05, 3.63) is 46.8 Å².